The molecule has 0 spiro atoms. The van der Waals surface area contributed by atoms with Crippen LogP contribution in [0.3, 0.4) is 0 Å². The van der Waals surface area contributed by atoms with Crippen molar-refractivity contribution >= 4 is 0 Å². The minimum absolute atomic E-state index is 0.300. The number of hydrogen-bond donors (Lipinski definition) is 1. The summed E-state index contributed by atoms with van der Waals surface area (Å²) in [4.78, 5) is 0. The van der Waals surface area contributed by atoms with Crippen LogP contribution in [0.25, 0.3) is 0 Å². The van der Waals surface area contributed by atoms with Crippen LogP contribution in [0.2, 0.25) is 0 Å². The molecule has 2 unspecified atom stereocenters. The monoisotopic (exact) mass is 159 g/mol. The Morgan fingerprint density at radius 1 is 1.64 bits per heavy atom. The van der Waals surface area contributed by atoms with Gasteiger partial charge in [0.25, 0.3) is 0 Å². The molecule has 0 saturated heterocycles. The highest BCUT2D eigenvalue weighted by atomic mass is 16.2. The summed E-state index contributed by atoms with van der Waals surface area (Å²) in [5, 5.41) is 8.94. The van der Waals surface area contributed by atoms with Crippen molar-refractivity contribution in [2.24, 2.45) is 5.92 Å². The molecule has 0 fully saturated rings. The topological polar surface area (TPSA) is 20.2 Å². The van der Waals surface area contributed by atoms with Gasteiger partial charge in [-0.05, 0) is 39.0 Å². The zero-order chi connectivity index (χ0) is 11.4. The van der Waals surface area contributed by atoms with E-state index in [9.17, 15) is 0 Å². The second kappa shape index (κ2) is 6.41. The molecule has 66 valence electrons. The maximum Gasteiger partial charge on any atom is 0.0564 e. The Hall–Kier alpha value is -0.300. The highest BCUT2D eigenvalue weighted by Gasteiger charge is 1.98. The summed E-state index contributed by atoms with van der Waals surface area (Å²) < 4.78 is 22.0. The first kappa shape index (κ1) is 6.24. The Morgan fingerprint density at radius 3 is 2.73 bits per heavy atom. The third kappa shape index (κ3) is 7.60. The largest absolute Gasteiger partial charge is 0.396 e. The van der Waals surface area contributed by atoms with Gasteiger partial charge in [-0.3, -0.25) is 0 Å². The van der Waals surface area contributed by atoms with Crippen LogP contribution in [0.15, 0.2) is 11.6 Å². The van der Waals surface area contributed by atoms with Crippen molar-refractivity contribution in [1.82, 2.24) is 0 Å². The van der Waals surface area contributed by atoms with Gasteiger partial charge in [0.2, 0.25) is 0 Å². The molecule has 1 N–H and O–H groups in total. The first-order chi connectivity index (χ1) is 6.28. The van der Waals surface area contributed by atoms with Gasteiger partial charge in [0, 0.05) is 9.32 Å². The molecular weight excluding hydrogens is 136 g/mol. The Bertz CT molecular complexity index is 196. The second-order valence-corrected chi connectivity index (χ2v) is 3.06. The van der Waals surface area contributed by atoms with Crippen molar-refractivity contribution in [2.45, 2.75) is 40.0 Å². The van der Waals surface area contributed by atoms with Gasteiger partial charge >= 0.3 is 0 Å². The van der Waals surface area contributed by atoms with Crippen molar-refractivity contribution in [2.75, 3.05) is 6.58 Å². The molecular formula is C10H20O. The Morgan fingerprint density at radius 2 is 2.27 bits per heavy atom. The number of aliphatic hydroxyl groups excluding tert-OH is 1. The van der Waals surface area contributed by atoms with Crippen LogP contribution in [0.1, 0.15) is 44.1 Å². The predicted octanol–water partition coefficient (Wildman–Crippen LogP) is 2.75. The van der Waals surface area contributed by atoms with E-state index in [2.05, 4.69) is 0 Å². The summed E-state index contributed by atoms with van der Waals surface area (Å²) in [6, 6.07) is 0. The molecule has 0 aliphatic carbocycles. The molecule has 0 saturated carbocycles. The van der Waals surface area contributed by atoms with Crippen LogP contribution in [0.5, 0.6) is 0 Å². The summed E-state index contributed by atoms with van der Waals surface area (Å²) in [5.41, 5.74) is 1.21. The van der Waals surface area contributed by atoms with Gasteiger partial charge in [-0.25, -0.2) is 0 Å². The molecule has 2 atom stereocenters. The quantitative estimate of drug-likeness (QED) is 0.611. The van der Waals surface area contributed by atoms with Gasteiger partial charge < -0.3 is 5.11 Å². The summed E-state index contributed by atoms with van der Waals surface area (Å²) in [5.74, 6) is -0.300. The van der Waals surface area contributed by atoms with Gasteiger partial charge in [0.1, 0.15) is 0 Å². The van der Waals surface area contributed by atoms with Crippen molar-refractivity contribution in [3.05, 3.63) is 11.6 Å². The Balaban J connectivity index is 4.08. The zero-order valence-electron chi connectivity index (χ0n) is 10.6. The van der Waals surface area contributed by atoms with E-state index in [1.807, 2.05) is 19.9 Å². The minimum Gasteiger partial charge on any atom is -0.396 e. The first-order valence-electron chi connectivity index (χ1n) is 5.60. The lowest BCUT2D eigenvalue weighted by Gasteiger charge is -2.06. The van der Waals surface area contributed by atoms with Crippen LogP contribution >= 0.6 is 0 Å². The Labute approximate surface area is 74.3 Å². The maximum absolute atomic E-state index is 8.94. The standard InChI is InChI=1S/C10H20O/c1-9(2)5-4-6-10(3)7-8-11/h5,10-11H,4,6-8H2,1-3H3/i7D2,8D. The molecule has 0 aliphatic heterocycles. The van der Waals surface area contributed by atoms with E-state index in [1.165, 1.54) is 5.57 Å². The first-order valence-corrected chi connectivity index (χ1v) is 4.02. The number of allylic oxidation sites excluding steroid dienone is 2. The van der Waals surface area contributed by atoms with Crippen LogP contribution < -0.4 is 0 Å². The average molecular weight is 159 g/mol. The van der Waals surface area contributed by atoms with Crippen LogP contribution in [0.4, 0.5) is 0 Å². The van der Waals surface area contributed by atoms with E-state index in [-0.39, 0.29) is 5.92 Å². The maximum atomic E-state index is 8.94. The molecule has 0 heterocycles. The lowest BCUT2D eigenvalue weighted by Crippen LogP contribution is -1.96. The highest BCUT2D eigenvalue weighted by Crippen LogP contribution is 2.10. The van der Waals surface area contributed by atoms with Gasteiger partial charge in [-0.2, -0.15) is 0 Å². The molecule has 0 bridgehead atoms. The highest BCUT2D eigenvalue weighted by molar-refractivity contribution is 4.92. The zero-order valence-corrected chi connectivity index (χ0v) is 7.59. The molecule has 1 nitrogen and oxygen atoms in total. The molecule has 0 aromatic heterocycles. The average Bonchev–Trinajstić information content (AvgIpc) is 2.02. The lowest BCUT2D eigenvalue weighted by molar-refractivity contribution is 0.259. The second-order valence-electron chi connectivity index (χ2n) is 3.06. The van der Waals surface area contributed by atoms with Crippen LogP contribution in [-0.4, -0.2) is 11.7 Å². The van der Waals surface area contributed by atoms with Crippen LogP contribution in [0, 0.1) is 5.92 Å². The summed E-state index contributed by atoms with van der Waals surface area (Å²) in [7, 11) is 0. The van der Waals surface area contributed by atoms with Gasteiger partial charge in [0.15, 0.2) is 0 Å². The summed E-state index contributed by atoms with van der Waals surface area (Å²) in [6.07, 6.45) is 1.70. The van der Waals surface area contributed by atoms with Gasteiger partial charge in [0.05, 0.1) is 1.37 Å². The van der Waals surface area contributed by atoms with E-state index in [0.717, 1.165) is 6.42 Å². The molecule has 0 amide bonds. The summed E-state index contributed by atoms with van der Waals surface area (Å²) in [6.45, 7) is 4.08. The van der Waals surface area contributed by atoms with Crippen molar-refractivity contribution in [3.63, 3.8) is 0 Å². The molecule has 0 aromatic rings. The van der Waals surface area contributed by atoms with Crippen molar-refractivity contribution in [1.29, 1.82) is 0 Å². The van der Waals surface area contributed by atoms with Gasteiger partial charge in [-0.15, -0.1) is 0 Å². The Kier molecular flexibility index (Phi) is 3.64. The number of rotatable bonds is 5. The normalized spacial score (nSPS) is 20.9. The van der Waals surface area contributed by atoms with Crippen molar-refractivity contribution < 1.29 is 9.22 Å². The van der Waals surface area contributed by atoms with E-state index in [4.69, 9.17) is 9.22 Å². The molecule has 0 aliphatic rings. The SMILES string of the molecule is [2H]C(O)C([2H])([2H])C(C)CCC=C(C)C. The number of aliphatic hydroxyl groups is 1. The predicted molar refractivity (Wildman–Crippen MR) is 49.5 cm³/mol. The fourth-order valence-corrected chi connectivity index (χ4v) is 0.833. The third-order valence-electron chi connectivity index (χ3n) is 1.51. The van der Waals surface area contributed by atoms with E-state index in [0.29, 0.717) is 6.42 Å². The molecule has 0 aromatic carbocycles. The van der Waals surface area contributed by atoms with Crippen molar-refractivity contribution in [3.8, 4) is 0 Å². The molecule has 0 rings (SSSR count). The fourth-order valence-electron chi connectivity index (χ4n) is 0.833. The fraction of sp³-hybridized carbons (Fsp3) is 0.800. The lowest BCUT2D eigenvalue weighted by atomic mass is 10.0. The van der Waals surface area contributed by atoms with Crippen LogP contribution in [-0.2, 0) is 0 Å². The minimum atomic E-state index is -1.81. The van der Waals surface area contributed by atoms with Gasteiger partial charge in [-0.1, -0.05) is 18.6 Å². The van der Waals surface area contributed by atoms with E-state index < -0.39 is 13.0 Å². The summed E-state index contributed by atoms with van der Waals surface area (Å²) >= 11 is 0. The molecule has 0 radical (unpaired) electrons. The van der Waals surface area contributed by atoms with E-state index >= 15 is 0 Å². The molecule has 1 heteroatoms. The number of hydrogen-bond acceptors (Lipinski definition) is 1. The third-order valence-corrected chi connectivity index (χ3v) is 1.51. The smallest absolute Gasteiger partial charge is 0.0564 e. The molecule has 11 heavy (non-hydrogen) atoms. The van der Waals surface area contributed by atoms with E-state index in [1.54, 1.807) is 6.92 Å².